The molecule has 0 spiro atoms. The van der Waals surface area contributed by atoms with E-state index >= 15 is 0 Å². The molecule has 2 heterocycles. The van der Waals surface area contributed by atoms with Crippen LogP contribution in [0, 0.1) is 13.8 Å². The van der Waals surface area contributed by atoms with Crippen molar-refractivity contribution in [3.8, 4) is 0 Å². The van der Waals surface area contributed by atoms with E-state index in [2.05, 4.69) is 29.1 Å². The summed E-state index contributed by atoms with van der Waals surface area (Å²) in [5.41, 5.74) is 3.01. The lowest BCUT2D eigenvalue weighted by Gasteiger charge is -2.15. The van der Waals surface area contributed by atoms with Crippen LogP contribution in [0.15, 0.2) is 0 Å². The lowest BCUT2D eigenvalue weighted by molar-refractivity contribution is 0.579. The minimum atomic E-state index is -2.89. The summed E-state index contributed by atoms with van der Waals surface area (Å²) in [5.74, 6) is 1.10. The number of hydrogen-bond donors (Lipinski definition) is 1. The van der Waals surface area contributed by atoms with Crippen LogP contribution < -0.4 is 5.32 Å². The van der Waals surface area contributed by atoms with Crippen molar-refractivity contribution in [1.29, 1.82) is 0 Å². The van der Waals surface area contributed by atoms with Crippen LogP contribution in [-0.2, 0) is 16.4 Å². The number of rotatable bonds is 4. The standard InChI is InChI=1S/C14H23N3O2S/c1-9(2)15-7-13-10(3)16-14(17-11(13)4)12-5-6-20(18,19)8-12/h9,12,15H,5-8H2,1-4H3. The molecule has 0 bridgehead atoms. The van der Waals surface area contributed by atoms with Crippen molar-refractivity contribution in [2.24, 2.45) is 0 Å². The maximum absolute atomic E-state index is 11.6. The Morgan fingerprint density at radius 1 is 1.25 bits per heavy atom. The third-order valence-electron chi connectivity index (χ3n) is 3.72. The second-order valence-electron chi connectivity index (χ2n) is 5.87. The van der Waals surface area contributed by atoms with Gasteiger partial charge in [0, 0.05) is 35.5 Å². The van der Waals surface area contributed by atoms with Gasteiger partial charge in [-0.25, -0.2) is 18.4 Å². The van der Waals surface area contributed by atoms with Crippen LogP contribution in [-0.4, -0.2) is 35.9 Å². The lowest BCUT2D eigenvalue weighted by atomic mass is 10.1. The minimum Gasteiger partial charge on any atom is -0.310 e. The molecule has 1 fully saturated rings. The quantitative estimate of drug-likeness (QED) is 0.911. The molecule has 20 heavy (non-hydrogen) atoms. The van der Waals surface area contributed by atoms with Crippen LogP contribution in [0.25, 0.3) is 0 Å². The highest BCUT2D eigenvalue weighted by atomic mass is 32.2. The van der Waals surface area contributed by atoms with Gasteiger partial charge in [0.25, 0.3) is 0 Å². The maximum Gasteiger partial charge on any atom is 0.151 e. The Morgan fingerprint density at radius 2 is 1.85 bits per heavy atom. The fourth-order valence-corrected chi connectivity index (χ4v) is 4.25. The summed E-state index contributed by atoms with van der Waals surface area (Å²) in [5, 5.41) is 3.37. The Labute approximate surface area is 121 Å². The van der Waals surface area contributed by atoms with E-state index in [1.807, 2.05) is 13.8 Å². The van der Waals surface area contributed by atoms with Crippen molar-refractivity contribution in [2.45, 2.75) is 52.6 Å². The highest BCUT2D eigenvalue weighted by Crippen LogP contribution is 2.27. The SMILES string of the molecule is Cc1nc(C2CCS(=O)(=O)C2)nc(C)c1CNC(C)C. The molecular weight excluding hydrogens is 274 g/mol. The number of sulfone groups is 1. The van der Waals surface area contributed by atoms with Crippen LogP contribution in [0.2, 0.25) is 0 Å². The maximum atomic E-state index is 11.6. The molecule has 1 aromatic heterocycles. The largest absolute Gasteiger partial charge is 0.310 e. The van der Waals surface area contributed by atoms with Gasteiger partial charge in [-0.1, -0.05) is 13.8 Å². The molecule has 5 nitrogen and oxygen atoms in total. The van der Waals surface area contributed by atoms with E-state index in [0.717, 1.165) is 23.5 Å². The van der Waals surface area contributed by atoms with Gasteiger partial charge in [0.1, 0.15) is 5.82 Å². The molecule has 112 valence electrons. The summed E-state index contributed by atoms with van der Waals surface area (Å²) < 4.78 is 23.1. The minimum absolute atomic E-state index is 0.0375. The van der Waals surface area contributed by atoms with E-state index in [1.165, 1.54) is 0 Å². The van der Waals surface area contributed by atoms with Crippen molar-refractivity contribution in [3.63, 3.8) is 0 Å². The van der Waals surface area contributed by atoms with Crippen molar-refractivity contribution in [2.75, 3.05) is 11.5 Å². The summed E-state index contributed by atoms with van der Waals surface area (Å²) in [6.07, 6.45) is 0.644. The number of nitrogens with one attached hydrogen (secondary N) is 1. The summed E-state index contributed by atoms with van der Waals surface area (Å²) in [7, 11) is -2.89. The first-order chi connectivity index (χ1) is 9.28. The molecule has 1 aromatic rings. The Hall–Kier alpha value is -1.01. The van der Waals surface area contributed by atoms with Crippen molar-refractivity contribution in [1.82, 2.24) is 15.3 Å². The summed E-state index contributed by atoms with van der Waals surface area (Å²) >= 11 is 0. The van der Waals surface area contributed by atoms with Gasteiger partial charge in [-0.15, -0.1) is 0 Å². The molecule has 1 aliphatic heterocycles. The van der Waals surface area contributed by atoms with Gasteiger partial charge in [0.05, 0.1) is 11.5 Å². The van der Waals surface area contributed by atoms with Gasteiger partial charge in [-0.05, 0) is 20.3 Å². The molecule has 1 saturated heterocycles. The second-order valence-corrected chi connectivity index (χ2v) is 8.10. The van der Waals surface area contributed by atoms with Gasteiger partial charge < -0.3 is 5.32 Å². The Morgan fingerprint density at radius 3 is 2.30 bits per heavy atom. The van der Waals surface area contributed by atoms with Gasteiger partial charge in [0.2, 0.25) is 0 Å². The van der Waals surface area contributed by atoms with Crippen LogP contribution >= 0.6 is 0 Å². The average Bonchev–Trinajstić information content (AvgIpc) is 2.68. The van der Waals surface area contributed by atoms with Gasteiger partial charge >= 0.3 is 0 Å². The zero-order valence-corrected chi connectivity index (χ0v) is 13.4. The van der Waals surface area contributed by atoms with Crippen LogP contribution in [0.5, 0.6) is 0 Å². The molecule has 1 atom stereocenters. The highest BCUT2D eigenvalue weighted by Gasteiger charge is 2.31. The first-order valence-electron chi connectivity index (χ1n) is 7.06. The van der Waals surface area contributed by atoms with Crippen molar-refractivity contribution >= 4 is 9.84 Å². The van der Waals surface area contributed by atoms with E-state index in [4.69, 9.17) is 0 Å². The molecule has 1 N–H and O–H groups in total. The van der Waals surface area contributed by atoms with Gasteiger partial charge in [-0.3, -0.25) is 0 Å². The number of aromatic nitrogens is 2. The van der Waals surface area contributed by atoms with E-state index in [1.54, 1.807) is 0 Å². The summed E-state index contributed by atoms with van der Waals surface area (Å²) in [6, 6.07) is 0.411. The average molecular weight is 297 g/mol. The topological polar surface area (TPSA) is 72.0 Å². The van der Waals surface area contributed by atoms with E-state index in [-0.39, 0.29) is 17.4 Å². The van der Waals surface area contributed by atoms with Crippen LogP contribution in [0.4, 0.5) is 0 Å². The monoisotopic (exact) mass is 297 g/mol. The summed E-state index contributed by atoms with van der Waals surface area (Å²) in [6.45, 7) is 8.89. The number of aryl methyl sites for hydroxylation is 2. The first kappa shape index (κ1) is 15.4. The lowest BCUT2D eigenvalue weighted by Crippen LogP contribution is -2.24. The molecule has 6 heteroatoms. The van der Waals surface area contributed by atoms with Crippen molar-refractivity contribution < 1.29 is 8.42 Å². The van der Waals surface area contributed by atoms with E-state index < -0.39 is 9.84 Å². The molecule has 0 radical (unpaired) electrons. The molecule has 1 aliphatic rings. The zero-order valence-electron chi connectivity index (χ0n) is 12.6. The Kier molecular flexibility index (Phi) is 4.44. The highest BCUT2D eigenvalue weighted by molar-refractivity contribution is 7.91. The molecular formula is C14H23N3O2S. The van der Waals surface area contributed by atoms with Gasteiger partial charge in [0.15, 0.2) is 9.84 Å². The molecule has 0 saturated carbocycles. The molecule has 0 aromatic carbocycles. The fraction of sp³-hybridized carbons (Fsp3) is 0.714. The predicted molar refractivity (Wildman–Crippen MR) is 79.5 cm³/mol. The smallest absolute Gasteiger partial charge is 0.151 e. The molecule has 0 amide bonds. The predicted octanol–water partition coefficient (Wildman–Crippen LogP) is 1.49. The molecule has 1 unspecified atom stereocenters. The fourth-order valence-electron chi connectivity index (χ4n) is 2.51. The first-order valence-corrected chi connectivity index (χ1v) is 8.88. The normalized spacial score (nSPS) is 21.6. The second kappa shape index (κ2) is 5.77. The zero-order chi connectivity index (χ0) is 14.9. The molecule has 0 aliphatic carbocycles. The third kappa shape index (κ3) is 3.55. The van der Waals surface area contributed by atoms with Crippen molar-refractivity contribution in [3.05, 3.63) is 22.8 Å². The summed E-state index contributed by atoms with van der Waals surface area (Å²) in [4.78, 5) is 9.09. The van der Waals surface area contributed by atoms with Crippen LogP contribution in [0.1, 0.15) is 49.0 Å². The van der Waals surface area contributed by atoms with Gasteiger partial charge in [-0.2, -0.15) is 0 Å². The van der Waals surface area contributed by atoms with Crippen LogP contribution in [0.3, 0.4) is 0 Å². The third-order valence-corrected chi connectivity index (χ3v) is 5.49. The van der Waals surface area contributed by atoms with E-state index in [9.17, 15) is 8.42 Å². The number of nitrogens with zero attached hydrogens (tertiary/aromatic N) is 2. The molecule has 2 rings (SSSR count). The number of hydrogen-bond acceptors (Lipinski definition) is 5. The Balaban J connectivity index is 2.22. The van der Waals surface area contributed by atoms with E-state index in [0.29, 0.717) is 18.3 Å². The Bertz CT molecular complexity index is 573.